The van der Waals surface area contributed by atoms with E-state index in [2.05, 4.69) is 11.8 Å². The molecule has 2 heterocycles. The van der Waals surface area contributed by atoms with E-state index in [4.69, 9.17) is 10.5 Å². The second kappa shape index (κ2) is 4.17. The Hall–Kier alpha value is -0.120. The summed E-state index contributed by atoms with van der Waals surface area (Å²) in [5.74, 6) is 0. The van der Waals surface area contributed by atoms with Gasteiger partial charge in [-0.3, -0.25) is 4.90 Å². The highest BCUT2D eigenvalue weighted by Crippen LogP contribution is 2.20. The average Bonchev–Trinajstić information content (AvgIpc) is 2.53. The van der Waals surface area contributed by atoms with Crippen LogP contribution < -0.4 is 5.73 Å². The molecule has 1 atom stereocenters. The lowest BCUT2D eigenvalue weighted by molar-refractivity contribution is 0.0673. The monoisotopic (exact) mass is 198 g/mol. The lowest BCUT2D eigenvalue weighted by Gasteiger charge is -2.45. The number of ether oxygens (including phenoxy) is 1. The van der Waals surface area contributed by atoms with Crippen LogP contribution in [-0.2, 0) is 4.74 Å². The summed E-state index contributed by atoms with van der Waals surface area (Å²) in [5.41, 5.74) is 6.03. The van der Waals surface area contributed by atoms with Crippen LogP contribution in [0.5, 0.6) is 0 Å². The van der Waals surface area contributed by atoms with Gasteiger partial charge in [-0.1, -0.05) is 0 Å². The zero-order chi connectivity index (χ0) is 10.0. The normalized spacial score (nSPS) is 31.7. The van der Waals surface area contributed by atoms with Crippen molar-refractivity contribution in [3.05, 3.63) is 0 Å². The lowest BCUT2D eigenvalue weighted by Crippen LogP contribution is -2.65. The Balaban J connectivity index is 1.51. The van der Waals surface area contributed by atoms with Crippen molar-refractivity contribution in [2.45, 2.75) is 44.2 Å². The van der Waals surface area contributed by atoms with Crippen LogP contribution in [0.4, 0.5) is 0 Å². The van der Waals surface area contributed by atoms with E-state index in [-0.39, 0.29) is 5.54 Å². The zero-order valence-electron chi connectivity index (χ0n) is 9.17. The quantitative estimate of drug-likeness (QED) is 0.732. The molecule has 0 aromatic rings. The molecule has 0 aliphatic carbocycles. The third kappa shape index (κ3) is 2.69. The maximum absolute atomic E-state index is 5.94. The molecule has 82 valence electrons. The van der Waals surface area contributed by atoms with Gasteiger partial charge >= 0.3 is 0 Å². The smallest absolute Gasteiger partial charge is 0.0576 e. The number of hydrogen-bond acceptors (Lipinski definition) is 3. The van der Waals surface area contributed by atoms with Gasteiger partial charge in [0.1, 0.15) is 0 Å². The fraction of sp³-hybridized carbons (Fsp3) is 1.00. The van der Waals surface area contributed by atoms with E-state index in [0.29, 0.717) is 6.10 Å². The molecule has 0 spiro atoms. The van der Waals surface area contributed by atoms with Gasteiger partial charge in [0.2, 0.25) is 0 Å². The summed E-state index contributed by atoms with van der Waals surface area (Å²) in [5, 5.41) is 0. The Morgan fingerprint density at radius 2 is 2.29 bits per heavy atom. The van der Waals surface area contributed by atoms with Crippen LogP contribution in [0.15, 0.2) is 0 Å². The highest BCUT2D eigenvalue weighted by Gasteiger charge is 2.34. The van der Waals surface area contributed by atoms with Gasteiger partial charge in [-0.05, 0) is 39.2 Å². The molecule has 3 nitrogen and oxygen atoms in total. The topological polar surface area (TPSA) is 38.5 Å². The highest BCUT2D eigenvalue weighted by atomic mass is 16.5. The van der Waals surface area contributed by atoms with Gasteiger partial charge in [-0.2, -0.15) is 0 Å². The summed E-state index contributed by atoms with van der Waals surface area (Å²) in [6.45, 7) is 6.45. The Labute approximate surface area is 86.6 Å². The molecular weight excluding hydrogens is 176 g/mol. The molecule has 3 heteroatoms. The number of nitrogens with zero attached hydrogens (tertiary/aromatic N) is 1. The predicted molar refractivity (Wildman–Crippen MR) is 57.2 cm³/mol. The van der Waals surface area contributed by atoms with E-state index in [1.165, 1.54) is 32.2 Å². The van der Waals surface area contributed by atoms with E-state index in [9.17, 15) is 0 Å². The van der Waals surface area contributed by atoms with Crippen LogP contribution in [0.3, 0.4) is 0 Å². The first-order chi connectivity index (χ1) is 6.66. The van der Waals surface area contributed by atoms with Crippen molar-refractivity contribution < 1.29 is 4.74 Å². The van der Waals surface area contributed by atoms with Gasteiger partial charge < -0.3 is 10.5 Å². The average molecular weight is 198 g/mol. The van der Waals surface area contributed by atoms with E-state index in [0.717, 1.165) is 19.7 Å². The maximum Gasteiger partial charge on any atom is 0.0576 e. The van der Waals surface area contributed by atoms with Crippen molar-refractivity contribution in [3.8, 4) is 0 Å². The van der Waals surface area contributed by atoms with Gasteiger partial charge in [0, 0.05) is 25.2 Å². The van der Waals surface area contributed by atoms with E-state index in [1.54, 1.807) is 0 Å². The molecule has 2 aliphatic heterocycles. The summed E-state index contributed by atoms with van der Waals surface area (Å²) in [7, 11) is 0. The first-order valence-corrected chi connectivity index (χ1v) is 5.79. The maximum atomic E-state index is 5.94. The third-order valence-electron chi connectivity index (χ3n) is 3.19. The summed E-state index contributed by atoms with van der Waals surface area (Å²) in [4.78, 5) is 2.44. The molecule has 0 saturated carbocycles. The van der Waals surface area contributed by atoms with Crippen LogP contribution in [0, 0.1) is 0 Å². The van der Waals surface area contributed by atoms with Crippen molar-refractivity contribution >= 4 is 0 Å². The Morgan fingerprint density at radius 1 is 1.50 bits per heavy atom. The van der Waals surface area contributed by atoms with E-state index in [1.807, 2.05) is 0 Å². The SMILES string of the molecule is CC1(N)CN(CCCC2CCCO2)C1. The minimum Gasteiger partial charge on any atom is -0.378 e. The first kappa shape index (κ1) is 10.4. The van der Waals surface area contributed by atoms with Gasteiger partial charge in [-0.15, -0.1) is 0 Å². The minimum atomic E-state index is 0.0872. The van der Waals surface area contributed by atoms with Crippen LogP contribution in [0.25, 0.3) is 0 Å². The number of likely N-dealkylation sites (tertiary alicyclic amines) is 1. The summed E-state index contributed by atoms with van der Waals surface area (Å²) >= 11 is 0. The van der Waals surface area contributed by atoms with Crippen LogP contribution in [-0.4, -0.2) is 42.8 Å². The van der Waals surface area contributed by atoms with E-state index < -0.39 is 0 Å². The van der Waals surface area contributed by atoms with Gasteiger partial charge in [0.15, 0.2) is 0 Å². The third-order valence-corrected chi connectivity index (χ3v) is 3.19. The van der Waals surface area contributed by atoms with Crippen molar-refractivity contribution in [3.63, 3.8) is 0 Å². The largest absolute Gasteiger partial charge is 0.378 e. The fourth-order valence-electron chi connectivity index (χ4n) is 2.55. The number of nitrogens with two attached hydrogens (primary N) is 1. The van der Waals surface area contributed by atoms with E-state index >= 15 is 0 Å². The Kier molecular flexibility index (Phi) is 3.10. The summed E-state index contributed by atoms with van der Waals surface area (Å²) < 4.78 is 5.58. The second-order valence-corrected chi connectivity index (χ2v) is 5.14. The Morgan fingerprint density at radius 3 is 2.86 bits per heavy atom. The number of rotatable bonds is 4. The number of hydrogen-bond donors (Lipinski definition) is 1. The molecule has 0 bridgehead atoms. The minimum absolute atomic E-state index is 0.0872. The van der Waals surface area contributed by atoms with Crippen molar-refractivity contribution in [2.24, 2.45) is 5.73 Å². The molecule has 0 aromatic carbocycles. The molecule has 0 amide bonds. The summed E-state index contributed by atoms with van der Waals surface area (Å²) in [6.07, 6.45) is 5.59. The summed E-state index contributed by atoms with van der Waals surface area (Å²) in [6, 6.07) is 0. The molecule has 2 fully saturated rings. The van der Waals surface area contributed by atoms with Gasteiger partial charge in [-0.25, -0.2) is 0 Å². The first-order valence-electron chi connectivity index (χ1n) is 5.79. The van der Waals surface area contributed by atoms with Gasteiger partial charge in [0.25, 0.3) is 0 Å². The molecule has 2 aliphatic rings. The van der Waals surface area contributed by atoms with Crippen LogP contribution in [0.2, 0.25) is 0 Å². The molecule has 2 saturated heterocycles. The molecule has 2 rings (SSSR count). The van der Waals surface area contributed by atoms with Crippen molar-refractivity contribution in [1.29, 1.82) is 0 Å². The Bertz CT molecular complexity index is 180. The second-order valence-electron chi connectivity index (χ2n) is 5.14. The molecule has 2 N–H and O–H groups in total. The molecule has 0 radical (unpaired) electrons. The van der Waals surface area contributed by atoms with Crippen molar-refractivity contribution in [2.75, 3.05) is 26.2 Å². The standard InChI is InChI=1S/C11H22N2O/c1-11(12)8-13(9-11)6-2-4-10-5-3-7-14-10/h10H,2-9,12H2,1H3. The predicted octanol–water partition coefficient (Wildman–Crippen LogP) is 0.979. The molecular formula is C11H22N2O. The highest BCUT2D eigenvalue weighted by molar-refractivity contribution is 4.95. The molecule has 14 heavy (non-hydrogen) atoms. The van der Waals surface area contributed by atoms with Gasteiger partial charge in [0.05, 0.1) is 6.10 Å². The molecule has 0 aromatic heterocycles. The fourth-order valence-corrected chi connectivity index (χ4v) is 2.55. The molecule has 1 unspecified atom stereocenters. The zero-order valence-corrected chi connectivity index (χ0v) is 9.17. The van der Waals surface area contributed by atoms with Crippen LogP contribution in [0.1, 0.15) is 32.6 Å². The van der Waals surface area contributed by atoms with Crippen LogP contribution >= 0.6 is 0 Å². The van der Waals surface area contributed by atoms with Crippen molar-refractivity contribution in [1.82, 2.24) is 4.90 Å². The lowest BCUT2D eigenvalue weighted by atomic mass is 9.93.